The van der Waals surface area contributed by atoms with E-state index in [2.05, 4.69) is 6.07 Å². The smallest absolute Gasteiger partial charge is 0.223 e. The Morgan fingerprint density at radius 3 is 2.53 bits per heavy atom. The zero-order valence-corrected chi connectivity index (χ0v) is 11.4. The predicted octanol–water partition coefficient (Wildman–Crippen LogP) is 2.59. The molecule has 0 N–H and O–H groups in total. The van der Waals surface area contributed by atoms with E-state index in [1.165, 1.54) is 34.9 Å². The van der Waals surface area contributed by atoms with Crippen molar-refractivity contribution in [1.82, 2.24) is 0 Å². The molecule has 0 aliphatic rings. The Morgan fingerprint density at radius 2 is 2.12 bits per heavy atom. The lowest BCUT2D eigenvalue weighted by molar-refractivity contribution is -0.116. The number of nitriles is 2. The molecule has 0 atom stereocenters. The Bertz CT molecular complexity index is 522. The van der Waals surface area contributed by atoms with Crippen LogP contribution < -0.4 is 4.90 Å². The zero-order valence-electron chi connectivity index (χ0n) is 9.77. The van der Waals surface area contributed by atoms with E-state index in [1.807, 2.05) is 13.0 Å². The lowest BCUT2D eigenvalue weighted by atomic mass is 10.2. The van der Waals surface area contributed by atoms with Gasteiger partial charge >= 0.3 is 0 Å². The first-order chi connectivity index (χ1) is 8.06. The van der Waals surface area contributed by atoms with Crippen molar-refractivity contribution in [3.63, 3.8) is 0 Å². The molecule has 0 saturated heterocycles. The van der Waals surface area contributed by atoms with Gasteiger partial charge in [0.15, 0.2) is 0 Å². The Morgan fingerprint density at radius 1 is 1.47 bits per heavy atom. The van der Waals surface area contributed by atoms with Gasteiger partial charge in [-0.05, 0) is 5.75 Å². The molecule has 17 heavy (non-hydrogen) atoms. The van der Waals surface area contributed by atoms with Crippen LogP contribution in [0.1, 0.15) is 24.3 Å². The van der Waals surface area contributed by atoms with E-state index in [0.717, 1.165) is 9.96 Å². The maximum Gasteiger partial charge on any atom is 0.223 e. The topological polar surface area (TPSA) is 67.9 Å². The molecule has 0 radical (unpaired) electrons. The summed E-state index contributed by atoms with van der Waals surface area (Å²) >= 11 is 2.78. The van der Waals surface area contributed by atoms with Crippen LogP contribution in [0.2, 0.25) is 0 Å². The summed E-state index contributed by atoms with van der Waals surface area (Å²) < 4.78 is 0.801. The molecule has 1 aromatic rings. The summed E-state index contributed by atoms with van der Waals surface area (Å²) in [6.45, 7) is 3.39. The van der Waals surface area contributed by atoms with Crippen molar-refractivity contribution in [2.45, 2.75) is 18.1 Å². The van der Waals surface area contributed by atoms with Gasteiger partial charge in [0.05, 0.1) is 9.90 Å². The van der Waals surface area contributed by atoms with Gasteiger partial charge in [0, 0.05) is 14.0 Å². The van der Waals surface area contributed by atoms with Gasteiger partial charge in [-0.25, -0.2) is 0 Å². The summed E-state index contributed by atoms with van der Waals surface area (Å²) in [7, 11) is 1.58. The van der Waals surface area contributed by atoms with E-state index >= 15 is 0 Å². The maximum absolute atomic E-state index is 11.4. The fourth-order valence-corrected chi connectivity index (χ4v) is 3.49. The highest BCUT2D eigenvalue weighted by Gasteiger charge is 2.23. The van der Waals surface area contributed by atoms with Crippen LogP contribution in [0.15, 0.2) is 4.21 Å². The molecule has 1 rings (SSSR count). The van der Waals surface area contributed by atoms with Crippen LogP contribution in [-0.2, 0) is 4.79 Å². The number of rotatable bonds is 3. The number of anilines is 1. The Labute approximate surface area is 108 Å². The van der Waals surface area contributed by atoms with E-state index in [1.54, 1.807) is 7.05 Å². The number of hydrogen-bond donors (Lipinski definition) is 0. The van der Waals surface area contributed by atoms with Crippen LogP contribution in [0.3, 0.4) is 0 Å². The third-order valence-corrected chi connectivity index (χ3v) is 4.38. The third-order valence-electron chi connectivity index (χ3n) is 2.15. The summed E-state index contributed by atoms with van der Waals surface area (Å²) in [5.74, 6) is 0.632. The molecule has 0 aromatic carbocycles. The second kappa shape index (κ2) is 5.72. The van der Waals surface area contributed by atoms with Crippen molar-refractivity contribution in [1.29, 1.82) is 10.5 Å². The lowest BCUT2D eigenvalue weighted by Gasteiger charge is -2.14. The largest absolute Gasteiger partial charge is 0.313 e. The van der Waals surface area contributed by atoms with E-state index in [0.29, 0.717) is 16.1 Å². The van der Waals surface area contributed by atoms with Crippen LogP contribution in [0.25, 0.3) is 0 Å². The minimum absolute atomic E-state index is 0.191. The summed E-state index contributed by atoms with van der Waals surface area (Å²) in [5.41, 5.74) is 0.861. The predicted molar refractivity (Wildman–Crippen MR) is 69.2 cm³/mol. The van der Waals surface area contributed by atoms with Gasteiger partial charge in [-0.2, -0.15) is 10.5 Å². The molecule has 1 heterocycles. The molecule has 1 amide bonds. The first-order valence-corrected chi connectivity index (χ1v) is 6.71. The van der Waals surface area contributed by atoms with Crippen molar-refractivity contribution in [2.75, 3.05) is 17.7 Å². The monoisotopic (exact) mass is 265 g/mol. The standard InChI is InChI=1S/C11H11N3OS2/c1-4-16-11-8(5-12)10(9(6-13)17-11)14(3)7(2)15/h4H2,1-3H3. The minimum Gasteiger partial charge on any atom is -0.313 e. The second-order valence-corrected chi connectivity index (χ2v) is 5.73. The number of nitrogens with zero attached hydrogens (tertiary/aromatic N) is 3. The molecule has 6 heteroatoms. The molecule has 0 saturated carbocycles. The molecule has 0 bridgehead atoms. The quantitative estimate of drug-likeness (QED) is 0.788. The fraction of sp³-hybridized carbons (Fsp3) is 0.364. The number of carbonyl (C=O) groups is 1. The average Bonchev–Trinajstić information content (AvgIpc) is 2.66. The van der Waals surface area contributed by atoms with Crippen LogP contribution in [0, 0.1) is 22.7 Å². The Kier molecular flexibility index (Phi) is 4.56. The maximum atomic E-state index is 11.4. The van der Waals surface area contributed by atoms with Gasteiger partial charge in [0.2, 0.25) is 5.91 Å². The highest BCUT2D eigenvalue weighted by Crippen LogP contribution is 2.40. The van der Waals surface area contributed by atoms with E-state index in [-0.39, 0.29) is 5.91 Å². The fourth-order valence-electron chi connectivity index (χ4n) is 1.29. The first kappa shape index (κ1) is 13.6. The van der Waals surface area contributed by atoms with Crippen LogP contribution in [-0.4, -0.2) is 18.7 Å². The van der Waals surface area contributed by atoms with Crippen molar-refractivity contribution in [2.24, 2.45) is 0 Å². The molecule has 0 aliphatic heterocycles. The average molecular weight is 265 g/mol. The molecular weight excluding hydrogens is 254 g/mol. The third kappa shape index (κ3) is 2.60. The van der Waals surface area contributed by atoms with Crippen LogP contribution in [0.4, 0.5) is 5.69 Å². The van der Waals surface area contributed by atoms with Crippen LogP contribution in [0.5, 0.6) is 0 Å². The molecule has 4 nitrogen and oxygen atoms in total. The van der Waals surface area contributed by atoms with Gasteiger partial charge in [0.25, 0.3) is 0 Å². The molecule has 0 spiro atoms. The lowest BCUT2D eigenvalue weighted by Crippen LogP contribution is -2.23. The van der Waals surface area contributed by atoms with Gasteiger partial charge in [-0.3, -0.25) is 4.79 Å². The van der Waals surface area contributed by atoms with E-state index in [9.17, 15) is 4.79 Å². The number of carbonyl (C=O) groups excluding carboxylic acids is 1. The molecular formula is C11H11N3OS2. The highest BCUT2D eigenvalue weighted by atomic mass is 32.2. The number of amides is 1. The summed E-state index contributed by atoms with van der Waals surface area (Å²) in [6.07, 6.45) is 0. The summed E-state index contributed by atoms with van der Waals surface area (Å²) in [6, 6.07) is 4.13. The SMILES string of the molecule is CCSc1sc(C#N)c(N(C)C(C)=O)c1C#N. The number of hydrogen-bond acceptors (Lipinski definition) is 5. The second-order valence-electron chi connectivity index (χ2n) is 3.18. The van der Waals surface area contributed by atoms with E-state index < -0.39 is 0 Å². The highest BCUT2D eigenvalue weighted by molar-refractivity contribution is 8.01. The summed E-state index contributed by atoms with van der Waals surface area (Å²) in [4.78, 5) is 13.1. The Balaban J connectivity index is 3.42. The normalized spacial score (nSPS) is 9.47. The molecule has 88 valence electrons. The summed E-state index contributed by atoms with van der Waals surface area (Å²) in [5, 5.41) is 18.2. The van der Waals surface area contributed by atoms with Gasteiger partial charge in [-0.15, -0.1) is 23.1 Å². The molecule has 0 unspecified atom stereocenters. The van der Waals surface area contributed by atoms with Crippen molar-refractivity contribution < 1.29 is 4.79 Å². The van der Waals surface area contributed by atoms with Crippen molar-refractivity contribution in [3.05, 3.63) is 10.4 Å². The van der Waals surface area contributed by atoms with Gasteiger partial charge < -0.3 is 4.90 Å². The van der Waals surface area contributed by atoms with Crippen LogP contribution >= 0.6 is 23.1 Å². The first-order valence-electron chi connectivity index (χ1n) is 4.90. The molecule has 0 aliphatic carbocycles. The van der Waals surface area contributed by atoms with Crippen molar-refractivity contribution >= 4 is 34.7 Å². The Hall–Kier alpha value is -1.50. The number of thiophene rings is 1. The van der Waals surface area contributed by atoms with Gasteiger partial charge in [-0.1, -0.05) is 6.92 Å². The number of thioether (sulfide) groups is 1. The van der Waals surface area contributed by atoms with E-state index in [4.69, 9.17) is 10.5 Å². The minimum atomic E-state index is -0.191. The van der Waals surface area contributed by atoms with Gasteiger partial charge in [0.1, 0.15) is 22.6 Å². The molecule has 1 aromatic heterocycles. The van der Waals surface area contributed by atoms with Crippen molar-refractivity contribution in [3.8, 4) is 12.1 Å². The molecule has 0 fully saturated rings. The zero-order chi connectivity index (χ0) is 13.0.